The summed E-state index contributed by atoms with van der Waals surface area (Å²) < 4.78 is 4.94. The van der Waals surface area contributed by atoms with Gasteiger partial charge in [0.25, 0.3) is 0 Å². The van der Waals surface area contributed by atoms with Gasteiger partial charge >= 0.3 is 5.97 Å². The van der Waals surface area contributed by atoms with Crippen molar-refractivity contribution in [2.24, 2.45) is 10.8 Å². The van der Waals surface area contributed by atoms with Crippen LogP contribution in [-0.2, 0) is 9.53 Å². The van der Waals surface area contributed by atoms with E-state index in [9.17, 15) is 4.79 Å². The lowest BCUT2D eigenvalue weighted by Gasteiger charge is -2.71. The molecule has 0 amide bonds. The highest BCUT2D eigenvalue weighted by Crippen LogP contribution is 2.76. The minimum atomic E-state index is 0.0538. The second kappa shape index (κ2) is 0.825. The number of carbonyl (C=O) groups is 1. The summed E-state index contributed by atoms with van der Waals surface area (Å²) in [6.45, 7) is 0.716. The third-order valence-electron chi connectivity index (χ3n) is 3.08. The van der Waals surface area contributed by atoms with E-state index in [0.29, 0.717) is 12.0 Å². The summed E-state index contributed by atoms with van der Waals surface area (Å²) in [5.41, 5.74) is 0.548. The number of ether oxygens (including phenoxy) is 1. The predicted molar refractivity (Wildman–Crippen MR) is 29.7 cm³/mol. The van der Waals surface area contributed by atoms with Crippen LogP contribution in [0.25, 0.3) is 0 Å². The monoisotopic (exact) mass is 124 g/mol. The fourth-order valence-corrected chi connectivity index (χ4v) is 2.74. The van der Waals surface area contributed by atoms with Gasteiger partial charge in [0.1, 0.15) is 0 Å². The number of esters is 1. The first-order chi connectivity index (χ1) is 4.25. The summed E-state index contributed by atoms with van der Waals surface area (Å²) in [6, 6.07) is 0. The summed E-state index contributed by atoms with van der Waals surface area (Å²) >= 11 is 0. The molecule has 0 unspecified atom stereocenters. The molecule has 48 valence electrons. The van der Waals surface area contributed by atoms with Gasteiger partial charge in [-0.15, -0.1) is 0 Å². The number of carbonyl (C=O) groups excluding carboxylic acids is 1. The first-order valence-corrected chi connectivity index (χ1v) is 3.42. The van der Waals surface area contributed by atoms with Crippen molar-refractivity contribution in [3.05, 3.63) is 0 Å². The molecule has 3 aliphatic heterocycles. The van der Waals surface area contributed by atoms with E-state index >= 15 is 0 Å². The van der Waals surface area contributed by atoms with Gasteiger partial charge < -0.3 is 4.74 Å². The zero-order valence-corrected chi connectivity index (χ0v) is 5.14. The molecular formula is C7H8O2. The molecule has 0 spiro atoms. The Morgan fingerprint density at radius 1 is 1.33 bits per heavy atom. The van der Waals surface area contributed by atoms with E-state index in [4.69, 9.17) is 4.74 Å². The molecule has 0 N–H and O–H groups in total. The lowest BCUT2D eigenvalue weighted by molar-refractivity contribution is -0.280. The van der Waals surface area contributed by atoms with Crippen LogP contribution in [0.1, 0.15) is 19.3 Å². The molecule has 0 aromatic carbocycles. The molecule has 2 heteroatoms. The predicted octanol–water partition coefficient (Wildman–Crippen LogP) is 0.714. The second-order valence-corrected chi connectivity index (χ2v) is 3.89. The van der Waals surface area contributed by atoms with E-state index in [-0.39, 0.29) is 11.4 Å². The van der Waals surface area contributed by atoms with Crippen LogP contribution in [0, 0.1) is 10.8 Å². The Morgan fingerprint density at radius 3 is 2.22 bits per heavy atom. The zero-order valence-electron chi connectivity index (χ0n) is 5.14. The molecule has 6 aliphatic rings. The normalized spacial score (nSPS) is 59.3. The highest BCUT2D eigenvalue weighted by molar-refractivity contribution is 5.83. The van der Waals surface area contributed by atoms with Crippen LogP contribution in [-0.4, -0.2) is 12.6 Å². The average Bonchev–Trinajstić information content (AvgIpc) is 1.58. The van der Waals surface area contributed by atoms with Gasteiger partial charge in [-0.1, -0.05) is 0 Å². The van der Waals surface area contributed by atoms with E-state index in [1.807, 2.05) is 0 Å². The van der Waals surface area contributed by atoms with Crippen molar-refractivity contribution in [1.29, 1.82) is 0 Å². The van der Waals surface area contributed by atoms with Crippen molar-refractivity contribution >= 4 is 5.97 Å². The number of hydrogen-bond donors (Lipinski definition) is 0. The van der Waals surface area contributed by atoms with Crippen LogP contribution in [0.2, 0.25) is 0 Å². The Labute approximate surface area is 53.2 Å². The summed E-state index contributed by atoms with van der Waals surface area (Å²) in [6.07, 6.45) is 3.41. The molecule has 6 rings (SSSR count). The molecule has 2 bridgehead atoms. The summed E-state index contributed by atoms with van der Waals surface area (Å²) in [4.78, 5) is 11.0. The molecule has 3 saturated carbocycles. The third-order valence-corrected chi connectivity index (χ3v) is 3.08. The van der Waals surface area contributed by atoms with Crippen molar-refractivity contribution in [2.45, 2.75) is 19.3 Å². The molecule has 3 saturated heterocycles. The molecule has 3 heterocycles. The maximum Gasteiger partial charge on any atom is 0.312 e. The van der Waals surface area contributed by atoms with Crippen LogP contribution in [0.5, 0.6) is 0 Å². The van der Waals surface area contributed by atoms with Crippen LogP contribution in [0.3, 0.4) is 0 Å². The topological polar surface area (TPSA) is 26.3 Å². The third kappa shape index (κ3) is 0.257. The molecule has 0 aromatic rings. The van der Waals surface area contributed by atoms with Crippen LogP contribution >= 0.6 is 0 Å². The van der Waals surface area contributed by atoms with E-state index < -0.39 is 0 Å². The average molecular weight is 124 g/mol. The molecule has 0 aromatic heterocycles. The second-order valence-electron chi connectivity index (χ2n) is 3.89. The van der Waals surface area contributed by atoms with E-state index in [1.165, 1.54) is 0 Å². The van der Waals surface area contributed by atoms with Crippen LogP contribution in [0.4, 0.5) is 0 Å². The standard InChI is InChI=1S/C7H8O2/c8-5-7-1-6(2-7,3-7)4-9-5/h1-4H2. The lowest BCUT2D eigenvalue weighted by atomic mass is 9.34. The van der Waals surface area contributed by atoms with Crippen molar-refractivity contribution < 1.29 is 9.53 Å². The molecular weight excluding hydrogens is 116 g/mol. The molecule has 6 fully saturated rings. The maximum absolute atomic E-state index is 11.0. The van der Waals surface area contributed by atoms with Crippen molar-refractivity contribution in [1.82, 2.24) is 0 Å². The molecule has 2 nitrogen and oxygen atoms in total. The van der Waals surface area contributed by atoms with Gasteiger partial charge in [-0.2, -0.15) is 0 Å². The van der Waals surface area contributed by atoms with Gasteiger partial charge in [0.05, 0.1) is 12.0 Å². The van der Waals surface area contributed by atoms with Gasteiger partial charge in [-0.25, -0.2) is 0 Å². The van der Waals surface area contributed by atoms with Gasteiger partial charge in [-0.05, 0) is 19.3 Å². The van der Waals surface area contributed by atoms with Crippen molar-refractivity contribution in [3.63, 3.8) is 0 Å². The highest BCUT2D eigenvalue weighted by atomic mass is 16.5. The first-order valence-electron chi connectivity index (χ1n) is 3.42. The van der Waals surface area contributed by atoms with Crippen molar-refractivity contribution in [3.8, 4) is 0 Å². The Morgan fingerprint density at radius 2 is 2.00 bits per heavy atom. The minimum absolute atomic E-state index is 0.0538. The molecule has 0 radical (unpaired) electrons. The molecule has 3 aliphatic carbocycles. The van der Waals surface area contributed by atoms with Crippen LogP contribution in [0.15, 0.2) is 0 Å². The van der Waals surface area contributed by atoms with Gasteiger partial charge in [-0.3, -0.25) is 4.79 Å². The Bertz CT molecular complexity index is 181. The zero-order chi connectivity index (χ0) is 6.11. The number of rotatable bonds is 0. The fourth-order valence-electron chi connectivity index (χ4n) is 2.74. The SMILES string of the molecule is O=C1OCC23CC1(C2)C3. The molecule has 0 atom stereocenters. The quantitative estimate of drug-likeness (QED) is 0.444. The summed E-state index contributed by atoms with van der Waals surface area (Å²) in [7, 11) is 0. The van der Waals surface area contributed by atoms with Gasteiger partial charge in [0.2, 0.25) is 0 Å². The van der Waals surface area contributed by atoms with E-state index in [1.54, 1.807) is 0 Å². The summed E-state index contributed by atoms with van der Waals surface area (Å²) in [5.74, 6) is 0.0793. The van der Waals surface area contributed by atoms with Gasteiger partial charge in [0.15, 0.2) is 0 Å². The maximum atomic E-state index is 11.0. The van der Waals surface area contributed by atoms with Gasteiger partial charge in [0, 0.05) is 5.41 Å². The highest BCUT2D eigenvalue weighted by Gasteiger charge is 2.75. The first kappa shape index (κ1) is 4.31. The van der Waals surface area contributed by atoms with Crippen LogP contribution < -0.4 is 0 Å². The minimum Gasteiger partial charge on any atom is -0.465 e. The smallest absolute Gasteiger partial charge is 0.312 e. The van der Waals surface area contributed by atoms with E-state index in [0.717, 1.165) is 19.3 Å². The fraction of sp³-hybridized carbons (Fsp3) is 0.857. The Balaban J connectivity index is 2.08. The lowest BCUT2D eigenvalue weighted by Crippen LogP contribution is -2.71. The summed E-state index contributed by atoms with van der Waals surface area (Å²) in [5, 5.41) is 0. The number of hydrogen-bond acceptors (Lipinski definition) is 2. The Hall–Kier alpha value is -0.530. The Kier molecular flexibility index (Phi) is 0.395. The van der Waals surface area contributed by atoms with Crippen molar-refractivity contribution in [2.75, 3.05) is 6.61 Å². The van der Waals surface area contributed by atoms with E-state index in [2.05, 4.69) is 0 Å². The largest absolute Gasteiger partial charge is 0.465 e. The molecule has 9 heavy (non-hydrogen) atoms.